The summed E-state index contributed by atoms with van der Waals surface area (Å²) in [6, 6.07) is 11.1. The summed E-state index contributed by atoms with van der Waals surface area (Å²) in [6.45, 7) is 0. The fourth-order valence-corrected chi connectivity index (χ4v) is 3.61. The molecule has 110 valence electrons. The Morgan fingerprint density at radius 2 is 2.14 bits per heavy atom. The molecule has 1 aromatic carbocycles. The van der Waals surface area contributed by atoms with Crippen LogP contribution in [0.5, 0.6) is 0 Å². The number of hydrogen-bond donors (Lipinski definition) is 1. The molecule has 1 aliphatic heterocycles. The Balaban J connectivity index is 1.85. The van der Waals surface area contributed by atoms with Gasteiger partial charge in [0.15, 0.2) is 0 Å². The van der Waals surface area contributed by atoms with E-state index in [-0.39, 0.29) is 22.6 Å². The van der Waals surface area contributed by atoms with Crippen LogP contribution in [0.15, 0.2) is 54.7 Å². The zero-order valence-corrected chi connectivity index (χ0v) is 11.8. The van der Waals surface area contributed by atoms with Gasteiger partial charge in [-0.1, -0.05) is 30.4 Å². The number of fused-ring (bicyclic) bond motifs is 3. The molecule has 0 bridgehead atoms. The van der Waals surface area contributed by atoms with Crippen molar-refractivity contribution in [2.75, 3.05) is 5.32 Å². The number of benzene rings is 1. The first kappa shape index (κ1) is 13.0. The van der Waals surface area contributed by atoms with Gasteiger partial charge in [0.2, 0.25) is 0 Å². The molecule has 1 N–H and O–H groups in total. The zero-order chi connectivity index (χ0) is 15.1. The molecule has 2 aliphatic rings. The second kappa shape index (κ2) is 4.94. The molecule has 1 aromatic heterocycles. The number of nitrogens with zero attached hydrogens (tertiary/aromatic N) is 2. The average molecular weight is 293 g/mol. The van der Waals surface area contributed by atoms with Gasteiger partial charge in [0.05, 0.1) is 16.7 Å². The summed E-state index contributed by atoms with van der Waals surface area (Å²) in [5.41, 5.74) is 2.72. The van der Waals surface area contributed by atoms with Crippen molar-refractivity contribution in [1.82, 2.24) is 4.98 Å². The summed E-state index contributed by atoms with van der Waals surface area (Å²) < 4.78 is 0. The van der Waals surface area contributed by atoms with E-state index in [4.69, 9.17) is 0 Å². The Morgan fingerprint density at radius 1 is 1.23 bits per heavy atom. The van der Waals surface area contributed by atoms with E-state index in [0.29, 0.717) is 11.6 Å². The van der Waals surface area contributed by atoms with Gasteiger partial charge in [-0.05, 0) is 30.0 Å². The lowest BCUT2D eigenvalue weighted by Gasteiger charge is -2.36. The molecule has 22 heavy (non-hydrogen) atoms. The molecule has 0 saturated heterocycles. The van der Waals surface area contributed by atoms with E-state index in [0.717, 1.165) is 17.7 Å². The van der Waals surface area contributed by atoms with E-state index < -0.39 is 0 Å². The predicted molar refractivity (Wildman–Crippen MR) is 83.7 cm³/mol. The number of nitro groups is 1. The van der Waals surface area contributed by atoms with Gasteiger partial charge in [-0.15, -0.1) is 0 Å². The third-order valence-corrected chi connectivity index (χ3v) is 4.58. The third kappa shape index (κ3) is 1.89. The van der Waals surface area contributed by atoms with Crippen molar-refractivity contribution in [3.05, 3.63) is 76.1 Å². The fourth-order valence-electron chi connectivity index (χ4n) is 3.61. The molecule has 0 spiro atoms. The Morgan fingerprint density at radius 3 is 2.91 bits per heavy atom. The second-order valence-electron chi connectivity index (χ2n) is 5.73. The van der Waals surface area contributed by atoms with Crippen molar-refractivity contribution in [3.63, 3.8) is 0 Å². The summed E-state index contributed by atoms with van der Waals surface area (Å²) in [5, 5.41) is 14.7. The highest BCUT2D eigenvalue weighted by Crippen LogP contribution is 2.51. The van der Waals surface area contributed by atoms with Crippen LogP contribution < -0.4 is 5.32 Å². The molecule has 0 radical (unpaired) electrons. The van der Waals surface area contributed by atoms with E-state index in [1.807, 2.05) is 24.3 Å². The molecule has 0 amide bonds. The standard InChI is InChI=1S/C17H15N3O2/c21-20(22)15-9-4-7-13-11-5-3-6-12(11)16(19-17(13)15)14-8-1-2-10-18-14/h1-5,7-12,16,19H,6H2/t11-,12-,16+/m1/s1. The number of hydrogen-bond acceptors (Lipinski definition) is 4. The molecule has 0 fully saturated rings. The summed E-state index contributed by atoms with van der Waals surface area (Å²) in [7, 11) is 0. The van der Waals surface area contributed by atoms with Crippen LogP contribution in [0.4, 0.5) is 11.4 Å². The fraction of sp³-hybridized carbons (Fsp3) is 0.235. The SMILES string of the molecule is O=[N+]([O-])c1cccc2c1N[C@H](c1ccccn1)[C@@H]1CC=C[C@@H]21. The average Bonchev–Trinajstić information content (AvgIpc) is 3.04. The minimum atomic E-state index is -0.319. The van der Waals surface area contributed by atoms with Crippen LogP contribution in [0.2, 0.25) is 0 Å². The van der Waals surface area contributed by atoms with E-state index in [1.165, 1.54) is 0 Å². The molecular weight excluding hydrogens is 278 g/mol. The third-order valence-electron chi connectivity index (χ3n) is 4.58. The molecule has 3 atom stereocenters. The summed E-state index contributed by atoms with van der Waals surface area (Å²) >= 11 is 0. The summed E-state index contributed by atoms with van der Waals surface area (Å²) in [4.78, 5) is 15.5. The van der Waals surface area contributed by atoms with E-state index in [1.54, 1.807) is 18.3 Å². The highest BCUT2D eigenvalue weighted by molar-refractivity contribution is 5.70. The molecule has 2 heterocycles. The van der Waals surface area contributed by atoms with Crippen molar-refractivity contribution < 1.29 is 4.92 Å². The van der Waals surface area contributed by atoms with Crippen LogP contribution in [-0.4, -0.2) is 9.91 Å². The molecule has 0 unspecified atom stereocenters. The normalized spacial score (nSPS) is 25.2. The number of anilines is 1. The summed E-state index contributed by atoms with van der Waals surface area (Å²) in [5.74, 6) is 0.563. The number of nitro benzene ring substituents is 1. The van der Waals surface area contributed by atoms with Gasteiger partial charge >= 0.3 is 0 Å². The van der Waals surface area contributed by atoms with Crippen LogP contribution >= 0.6 is 0 Å². The van der Waals surface area contributed by atoms with Gasteiger partial charge < -0.3 is 5.32 Å². The van der Waals surface area contributed by atoms with Gasteiger partial charge in [0.25, 0.3) is 5.69 Å². The maximum Gasteiger partial charge on any atom is 0.292 e. The number of rotatable bonds is 2. The van der Waals surface area contributed by atoms with Gasteiger partial charge in [-0.25, -0.2) is 0 Å². The second-order valence-corrected chi connectivity index (χ2v) is 5.73. The van der Waals surface area contributed by atoms with E-state index in [9.17, 15) is 10.1 Å². The predicted octanol–water partition coefficient (Wildman–Crippen LogP) is 3.82. The van der Waals surface area contributed by atoms with Crippen molar-refractivity contribution in [1.29, 1.82) is 0 Å². The maximum atomic E-state index is 11.3. The molecule has 5 heteroatoms. The van der Waals surface area contributed by atoms with E-state index in [2.05, 4.69) is 22.5 Å². The maximum absolute atomic E-state index is 11.3. The van der Waals surface area contributed by atoms with Crippen LogP contribution in [-0.2, 0) is 0 Å². The first-order chi connectivity index (χ1) is 10.8. The number of nitrogens with one attached hydrogen (secondary N) is 1. The number of allylic oxidation sites excluding steroid dienone is 2. The highest BCUT2D eigenvalue weighted by Gasteiger charge is 2.40. The first-order valence-electron chi connectivity index (χ1n) is 7.37. The van der Waals surface area contributed by atoms with E-state index >= 15 is 0 Å². The van der Waals surface area contributed by atoms with Crippen LogP contribution in [0.25, 0.3) is 0 Å². The van der Waals surface area contributed by atoms with Crippen LogP contribution in [0.1, 0.15) is 29.6 Å². The Labute approximate surface area is 127 Å². The molecule has 2 aromatic rings. The lowest BCUT2D eigenvalue weighted by molar-refractivity contribution is -0.384. The quantitative estimate of drug-likeness (QED) is 0.519. The van der Waals surface area contributed by atoms with Crippen molar-refractivity contribution in [3.8, 4) is 0 Å². The molecule has 1 aliphatic carbocycles. The number of pyridine rings is 1. The van der Waals surface area contributed by atoms with Gasteiger partial charge in [-0.2, -0.15) is 0 Å². The van der Waals surface area contributed by atoms with Gasteiger partial charge in [-0.3, -0.25) is 15.1 Å². The lowest BCUT2D eigenvalue weighted by Crippen LogP contribution is -2.30. The zero-order valence-electron chi connectivity index (χ0n) is 11.8. The van der Waals surface area contributed by atoms with Crippen LogP contribution in [0.3, 0.4) is 0 Å². The molecule has 4 rings (SSSR count). The largest absolute Gasteiger partial charge is 0.371 e. The highest BCUT2D eigenvalue weighted by atomic mass is 16.6. The topological polar surface area (TPSA) is 68.1 Å². The van der Waals surface area contributed by atoms with Gasteiger partial charge in [0.1, 0.15) is 5.69 Å². The van der Waals surface area contributed by atoms with Crippen LogP contribution in [0, 0.1) is 16.0 Å². The number of para-hydroxylation sites is 1. The Hall–Kier alpha value is -2.69. The Bertz CT molecular complexity index is 758. The van der Waals surface area contributed by atoms with Gasteiger partial charge in [0, 0.05) is 18.2 Å². The molecule has 0 saturated carbocycles. The number of aromatic nitrogens is 1. The Kier molecular flexibility index (Phi) is 2.92. The molecule has 5 nitrogen and oxygen atoms in total. The summed E-state index contributed by atoms with van der Waals surface area (Å²) in [6.07, 6.45) is 7.06. The minimum Gasteiger partial charge on any atom is -0.371 e. The van der Waals surface area contributed by atoms with Crippen molar-refractivity contribution in [2.24, 2.45) is 5.92 Å². The lowest BCUT2D eigenvalue weighted by atomic mass is 9.78. The monoisotopic (exact) mass is 293 g/mol. The van der Waals surface area contributed by atoms with Crippen molar-refractivity contribution >= 4 is 11.4 Å². The van der Waals surface area contributed by atoms with Crippen molar-refractivity contribution in [2.45, 2.75) is 18.4 Å². The first-order valence-corrected chi connectivity index (χ1v) is 7.37. The minimum absolute atomic E-state index is 0.00481. The smallest absolute Gasteiger partial charge is 0.292 e. The molecular formula is C17H15N3O2.